The molecule has 150 valence electrons. The fourth-order valence-corrected chi connectivity index (χ4v) is 3.67. The minimum Gasteiger partial charge on any atom is -0.469 e. The van der Waals surface area contributed by atoms with Gasteiger partial charge in [-0.2, -0.15) is 5.26 Å². The first kappa shape index (κ1) is 20.5. The van der Waals surface area contributed by atoms with Crippen molar-refractivity contribution in [2.75, 3.05) is 17.3 Å². The lowest BCUT2D eigenvalue weighted by Gasteiger charge is -2.25. The van der Waals surface area contributed by atoms with Crippen molar-refractivity contribution in [2.45, 2.75) is 37.6 Å². The summed E-state index contributed by atoms with van der Waals surface area (Å²) >= 11 is 1.22. The van der Waals surface area contributed by atoms with Crippen molar-refractivity contribution in [3.8, 4) is 17.5 Å². The van der Waals surface area contributed by atoms with Crippen LogP contribution in [0.1, 0.15) is 24.7 Å². The van der Waals surface area contributed by atoms with Crippen LogP contribution in [0.15, 0.2) is 46.2 Å². The Morgan fingerprint density at radius 3 is 2.66 bits per heavy atom. The van der Waals surface area contributed by atoms with Gasteiger partial charge in [0, 0.05) is 12.2 Å². The quantitative estimate of drug-likeness (QED) is 0.469. The molecule has 8 nitrogen and oxygen atoms in total. The summed E-state index contributed by atoms with van der Waals surface area (Å²) in [5.74, 6) is 7.19. The highest BCUT2D eigenvalue weighted by Crippen LogP contribution is 2.28. The number of nitrogens with two attached hydrogens (primary N) is 1. The predicted molar refractivity (Wildman–Crippen MR) is 112 cm³/mol. The van der Waals surface area contributed by atoms with Crippen molar-refractivity contribution < 1.29 is 9.21 Å². The monoisotopic (exact) mass is 410 g/mol. The van der Waals surface area contributed by atoms with Gasteiger partial charge in [-0.25, -0.2) is 4.68 Å². The van der Waals surface area contributed by atoms with Crippen LogP contribution in [0.2, 0.25) is 0 Å². The number of benzene rings is 1. The molecule has 1 aromatic carbocycles. The third-order valence-corrected chi connectivity index (χ3v) is 5.50. The maximum atomic E-state index is 13.1. The molecule has 3 aromatic rings. The minimum atomic E-state index is -0.472. The summed E-state index contributed by atoms with van der Waals surface area (Å²) in [5, 5.41) is 17.2. The first-order valence-electron chi connectivity index (χ1n) is 9.09. The molecule has 3 rings (SSSR count). The smallest absolute Gasteiger partial charge is 0.240 e. The molecule has 0 aliphatic rings. The molecule has 0 radical (unpaired) electrons. The van der Waals surface area contributed by atoms with Crippen LogP contribution in [0, 0.1) is 25.2 Å². The highest BCUT2D eigenvalue weighted by atomic mass is 32.2. The summed E-state index contributed by atoms with van der Waals surface area (Å²) in [6.07, 6.45) is 1.81. The van der Waals surface area contributed by atoms with E-state index in [1.807, 2.05) is 38.1 Å². The van der Waals surface area contributed by atoms with E-state index in [1.165, 1.54) is 16.4 Å². The van der Waals surface area contributed by atoms with Gasteiger partial charge in [0.1, 0.15) is 5.76 Å². The number of aromatic nitrogens is 3. The van der Waals surface area contributed by atoms with E-state index in [9.17, 15) is 4.79 Å². The summed E-state index contributed by atoms with van der Waals surface area (Å²) in [5.41, 5.74) is 2.61. The number of nitrogen functional groups attached to an aromatic ring is 1. The topological polar surface area (TPSA) is 114 Å². The first-order valence-corrected chi connectivity index (χ1v) is 9.97. The molecule has 1 unspecified atom stereocenters. The molecule has 0 aliphatic carbocycles. The van der Waals surface area contributed by atoms with Crippen LogP contribution in [0.25, 0.3) is 11.4 Å². The maximum Gasteiger partial charge on any atom is 0.240 e. The second kappa shape index (κ2) is 8.84. The number of hydrogen-bond acceptors (Lipinski definition) is 7. The number of nitriles is 1. The standard InChI is InChI=1S/C20H22N6O2S/c1-13-5-7-16(8-6-13)25(11-4-10-21)19(27)15(3)29-20-24-23-18(26(20)22)17-9-12-28-14(17)2/h5-9,12,15H,4,11,22H2,1-3H3. The van der Waals surface area contributed by atoms with E-state index in [2.05, 4.69) is 16.3 Å². The van der Waals surface area contributed by atoms with E-state index in [4.69, 9.17) is 15.5 Å². The Balaban J connectivity index is 1.79. The molecule has 9 heteroatoms. The van der Waals surface area contributed by atoms with Crippen LogP contribution >= 0.6 is 11.8 Å². The number of rotatable bonds is 7. The lowest BCUT2D eigenvalue weighted by molar-refractivity contribution is -0.117. The van der Waals surface area contributed by atoms with Gasteiger partial charge in [0.25, 0.3) is 0 Å². The number of amides is 1. The Kier molecular flexibility index (Phi) is 6.24. The third-order valence-electron chi connectivity index (χ3n) is 4.45. The van der Waals surface area contributed by atoms with Gasteiger partial charge >= 0.3 is 0 Å². The summed E-state index contributed by atoms with van der Waals surface area (Å²) in [7, 11) is 0. The molecule has 2 aromatic heterocycles. The van der Waals surface area contributed by atoms with E-state index in [0.717, 1.165) is 16.8 Å². The second-order valence-corrected chi connectivity index (χ2v) is 7.87. The summed E-state index contributed by atoms with van der Waals surface area (Å²) in [6.45, 7) is 5.91. The fraction of sp³-hybridized carbons (Fsp3) is 0.300. The number of furan rings is 1. The average molecular weight is 411 g/mol. The number of nitrogens with zero attached hydrogens (tertiary/aromatic N) is 5. The van der Waals surface area contributed by atoms with E-state index in [0.29, 0.717) is 23.3 Å². The molecule has 0 aliphatic heterocycles. The molecule has 2 heterocycles. The zero-order chi connectivity index (χ0) is 21.0. The van der Waals surface area contributed by atoms with E-state index in [1.54, 1.807) is 24.2 Å². The highest BCUT2D eigenvalue weighted by molar-refractivity contribution is 8.00. The van der Waals surface area contributed by atoms with Crippen molar-refractivity contribution in [3.63, 3.8) is 0 Å². The van der Waals surface area contributed by atoms with Gasteiger partial charge in [0.2, 0.25) is 11.1 Å². The van der Waals surface area contributed by atoms with Crippen LogP contribution < -0.4 is 10.7 Å². The maximum absolute atomic E-state index is 13.1. The van der Waals surface area contributed by atoms with E-state index < -0.39 is 5.25 Å². The zero-order valence-electron chi connectivity index (χ0n) is 16.5. The molecule has 0 fully saturated rings. The Labute approximate surface area is 173 Å². The Hall–Kier alpha value is -3.25. The molecular weight excluding hydrogens is 388 g/mol. The molecule has 29 heavy (non-hydrogen) atoms. The third kappa shape index (κ3) is 4.43. The number of thioether (sulfide) groups is 1. The van der Waals surface area contributed by atoms with Gasteiger partial charge in [-0.15, -0.1) is 10.2 Å². The lowest BCUT2D eigenvalue weighted by Crippen LogP contribution is -2.37. The molecule has 0 saturated carbocycles. The van der Waals surface area contributed by atoms with E-state index in [-0.39, 0.29) is 12.3 Å². The van der Waals surface area contributed by atoms with Crippen molar-refractivity contribution in [2.24, 2.45) is 0 Å². The number of carbonyl (C=O) groups excluding carboxylic acids is 1. The van der Waals surface area contributed by atoms with Crippen LogP contribution in [-0.2, 0) is 4.79 Å². The van der Waals surface area contributed by atoms with Crippen LogP contribution in [0.3, 0.4) is 0 Å². The largest absolute Gasteiger partial charge is 0.469 e. The number of hydrogen-bond donors (Lipinski definition) is 1. The molecule has 1 atom stereocenters. The highest BCUT2D eigenvalue weighted by Gasteiger charge is 2.25. The number of aryl methyl sites for hydroxylation is 2. The molecule has 0 saturated heterocycles. The van der Waals surface area contributed by atoms with E-state index >= 15 is 0 Å². The van der Waals surface area contributed by atoms with Crippen LogP contribution in [0.4, 0.5) is 5.69 Å². The SMILES string of the molecule is Cc1ccc(N(CCC#N)C(=O)C(C)Sc2nnc(-c3ccoc3C)n2N)cc1. The Bertz CT molecular complexity index is 1030. The molecule has 2 N–H and O–H groups in total. The minimum absolute atomic E-state index is 0.127. The average Bonchev–Trinajstić information content (AvgIpc) is 3.28. The summed E-state index contributed by atoms with van der Waals surface area (Å²) < 4.78 is 6.66. The Morgan fingerprint density at radius 1 is 1.31 bits per heavy atom. The van der Waals surface area contributed by atoms with Crippen molar-refractivity contribution >= 4 is 23.4 Å². The predicted octanol–water partition coefficient (Wildman–Crippen LogP) is 3.30. The van der Waals surface area contributed by atoms with Gasteiger partial charge in [0.15, 0.2) is 5.82 Å². The fourth-order valence-electron chi connectivity index (χ4n) is 2.84. The zero-order valence-corrected chi connectivity index (χ0v) is 17.3. The second-order valence-electron chi connectivity index (χ2n) is 6.56. The molecule has 0 spiro atoms. The van der Waals surface area contributed by atoms with Crippen molar-refractivity contribution in [1.29, 1.82) is 5.26 Å². The summed E-state index contributed by atoms with van der Waals surface area (Å²) in [6, 6.07) is 11.5. The molecular formula is C20H22N6O2S. The lowest BCUT2D eigenvalue weighted by atomic mass is 10.2. The van der Waals surface area contributed by atoms with Crippen molar-refractivity contribution in [3.05, 3.63) is 47.9 Å². The first-order chi connectivity index (χ1) is 13.9. The van der Waals surface area contributed by atoms with Gasteiger partial charge in [-0.05, 0) is 39.0 Å². The van der Waals surface area contributed by atoms with Crippen molar-refractivity contribution in [1.82, 2.24) is 14.9 Å². The number of anilines is 1. The van der Waals surface area contributed by atoms with Gasteiger partial charge < -0.3 is 15.2 Å². The number of carbonyl (C=O) groups is 1. The normalized spacial score (nSPS) is 11.8. The summed E-state index contributed by atoms with van der Waals surface area (Å²) in [4.78, 5) is 14.7. The van der Waals surface area contributed by atoms with Gasteiger partial charge in [-0.1, -0.05) is 29.5 Å². The molecule has 0 bridgehead atoms. The van der Waals surface area contributed by atoms with Gasteiger partial charge in [0.05, 0.1) is 29.6 Å². The Morgan fingerprint density at radius 2 is 2.03 bits per heavy atom. The van der Waals surface area contributed by atoms with Crippen LogP contribution in [-0.4, -0.2) is 32.6 Å². The molecule has 1 amide bonds. The van der Waals surface area contributed by atoms with Crippen LogP contribution in [0.5, 0.6) is 0 Å². The van der Waals surface area contributed by atoms with Gasteiger partial charge in [-0.3, -0.25) is 4.79 Å².